The molecule has 0 aliphatic heterocycles. The molecular weight excluding hydrogens is 360 g/mol. The number of carbonyl (C=O) groups is 2. The Balaban J connectivity index is 1.45. The topological polar surface area (TPSA) is 106 Å². The summed E-state index contributed by atoms with van der Waals surface area (Å²) in [7, 11) is 0. The van der Waals surface area contributed by atoms with E-state index in [1.165, 1.54) is 6.92 Å². The molecule has 28 heavy (non-hydrogen) atoms. The third-order valence-electron chi connectivity index (χ3n) is 3.75. The monoisotopic (exact) mass is 380 g/mol. The van der Waals surface area contributed by atoms with Crippen LogP contribution < -0.4 is 15.4 Å². The van der Waals surface area contributed by atoms with E-state index in [9.17, 15) is 9.59 Å². The molecule has 0 radical (unpaired) electrons. The van der Waals surface area contributed by atoms with Gasteiger partial charge in [-0.3, -0.25) is 9.59 Å². The molecule has 2 amide bonds. The van der Waals surface area contributed by atoms with Crippen molar-refractivity contribution in [3.8, 4) is 5.75 Å². The fourth-order valence-electron chi connectivity index (χ4n) is 2.43. The van der Waals surface area contributed by atoms with E-state index >= 15 is 0 Å². The van der Waals surface area contributed by atoms with Crippen LogP contribution in [0.5, 0.6) is 5.75 Å². The predicted molar refractivity (Wildman–Crippen MR) is 102 cm³/mol. The minimum Gasteiger partial charge on any atom is -0.485 e. The van der Waals surface area contributed by atoms with Crippen molar-refractivity contribution in [3.05, 3.63) is 71.9 Å². The summed E-state index contributed by atoms with van der Waals surface area (Å²) in [5.74, 6) is 0.170. The number of nitrogens with zero attached hydrogens (tertiary/aromatic N) is 2. The minimum absolute atomic E-state index is 0.0558. The molecule has 8 heteroatoms. The van der Waals surface area contributed by atoms with Gasteiger partial charge in [0, 0.05) is 19.2 Å². The van der Waals surface area contributed by atoms with Crippen LogP contribution in [0.25, 0.3) is 0 Å². The molecule has 2 N–H and O–H groups in total. The summed E-state index contributed by atoms with van der Waals surface area (Å²) in [6, 6.07) is 16.7. The molecule has 144 valence electrons. The number of rotatable bonds is 8. The van der Waals surface area contributed by atoms with Crippen LogP contribution in [0.1, 0.15) is 29.0 Å². The van der Waals surface area contributed by atoms with Crippen LogP contribution in [0.4, 0.5) is 5.69 Å². The first kappa shape index (κ1) is 19.1. The highest BCUT2D eigenvalue weighted by Crippen LogP contribution is 2.16. The van der Waals surface area contributed by atoms with Crippen molar-refractivity contribution < 1.29 is 18.8 Å². The van der Waals surface area contributed by atoms with Gasteiger partial charge in [0.05, 0.1) is 0 Å². The molecule has 0 saturated heterocycles. The molecule has 0 unspecified atom stereocenters. The molecule has 0 aliphatic carbocycles. The lowest BCUT2D eigenvalue weighted by molar-refractivity contribution is -0.114. The predicted octanol–water partition coefficient (Wildman–Crippen LogP) is 2.58. The fourth-order valence-corrected chi connectivity index (χ4v) is 2.43. The Morgan fingerprint density at radius 1 is 1.07 bits per heavy atom. The second-order valence-corrected chi connectivity index (χ2v) is 6.00. The van der Waals surface area contributed by atoms with Crippen molar-refractivity contribution >= 4 is 17.5 Å². The number of anilines is 1. The summed E-state index contributed by atoms with van der Waals surface area (Å²) < 4.78 is 10.5. The zero-order valence-corrected chi connectivity index (χ0v) is 15.3. The first-order valence-corrected chi connectivity index (χ1v) is 8.75. The highest BCUT2D eigenvalue weighted by Gasteiger charge is 2.15. The molecule has 3 rings (SSSR count). The molecule has 0 fully saturated rings. The van der Waals surface area contributed by atoms with E-state index in [1.807, 2.05) is 30.3 Å². The Morgan fingerprint density at radius 2 is 1.82 bits per heavy atom. The third kappa shape index (κ3) is 5.66. The smallest absolute Gasteiger partial charge is 0.316 e. The quantitative estimate of drug-likeness (QED) is 0.622. The van der Waals surface area contributed by atoms with Gasteiger partial charge in [-0.1, -0.05) is 35.5 Å². The molecule has 8 nitrogen and oxygen atoms in total. The SMILES string of the molecule is CC(=O)Nc1ccc(OCc2noc(C(=O)NCCc3ccccc3)n2)cc1. The number of ether oxygens (including phenoxy) is 1. The van der Waals surface area contributed by atoms with E-state index in [0.29, 0.717) is 24.4 Å². The highest BCUT2D eigenvalue weighted by molar-refractivity contribution is 5.89. The van der Waals surface area contributed by atoms with Gasteiger partial charge in [-0.2, -0.15) is 4.98 Å². The Morgan fingerprint density at radius 3 is 2.54 bits per heavy atom. The van der Waals surface area contributed by atoms with Crippen LogP contribution in [-0.2, 0) is 17.8 Å². The van der Waals surface area contributed by atoms with Gasteiger partial charge < -0.3 is 19.9 Å². The lowest BCUT2D eigenvalue weighted by Crippen LogP contribution is -2.26. The molecule has 0 saturated carbocycles. The van der Waals surface area contributed by atoms with E-state index in [1.54, 1.807) is 24.3 Å². The molecule has 1 heterocycles. The summed E-state index contributed by atoms with van der Waals surface area (Å²) in [5.41, 5.74) is 1.81. The molecule has 0 atom stereocenters. The number of hydrogen-bond acceptors (Lipinski definition) is 6. The molecule has 2 aromatic carbocycles. The first-order chi connectivity index (χ1) is 13.6. The Kier molecular flexibility index (Phi) is 6.35. The zero-order chi connectivity index (χ0) is 19.8. The zero-order valence-electron chi connectivity index (χ0n) is 15.3. The maximum absolute atomic E-state index is 12.1. The second-order valence-electron chi connectivity index (χ2n) is 6.00. The number of aromatic nitrogens is 2. The van der Waals surface area contributed by atoms with E-state index in [-0.39, 0.29) is 24.2 Å². The number of carbonyl (C=O) groups excluding carboxylic acids is 2. The van der Waals surface area contributed by atoms with E-state index in [0.717, 1.165) is 5.56 Å². The van der Waals surface area contributed by atoms with Crippen molar-refractivity contribution in [1.82, 2.24) is 15.5 Å². The van der Waals surface area contributed by atoms with E-state index in [2.05, 4.69) is 20.8 Å². The Labute approximate surface area is 161 Å². The summed E-state index contributed by atoms with van der Waals surface area (Å²) in [4.78, 5) is 27.1. The van der Waals surface area contributed by atoms with Gasteiger partial charge in [-0.15, -0.1) is 0 Å². The minimum atomic E-state index is -0.422. The van der Waals surface area contributed by atoms with Gasteiger partial charge >= 0.3 is 11.8 Å². The van der Waals surface area contributed by atoms with Crippen molar-refractivity contribution in [3.63, 3.8) is 0 Å². The Hall–Kier alpha value is -3.68. The highest BCUT2D eigenvalue weighted by atomic mass is 16.5. The maximum Gasteiger partial charge on any atom is 0.316 e. The van der Waals surface area contributed by atoms with Crippen LogP contribution >= 0.6 is 0 Å². The number of hydrogen-bond donors (Lipinski definition) is 2. The van der Waals surface area contributed by atoms with Crippen LogP contribution in [0.3, 0.4) is 0 Å². The third-order valence-corrected chi connectivity index (χ3v) is 3.75. The average molecular weight is 380 g/mol. The van der Waals surface area contributed by atoms with Crippen molar-refractivity contribution in [2.45, 2.75) is 20.0 Å². The second kappa shape index (κ2) is 9.31. The lowest BCUT2D eigenvalue weighted by Gasteiger charge is -2.05. The van der Waals surface area contributed by atoms with Crippen molar-refractivity contribution in [2.75, 3.05) is 11.9 Å². The maximum atomic E-state index is 12.1. The largest absolute Gasteiger partial charge is 0.485 e. The molecule has 0 aliphatic rings. The van der Waals surface area contributed by atoms with E-state index in [4.69, 9.17) is 9.26 Å². The number of amides is 2. The van der Waals surface area contributed by atoms with Gasteiger partial charge in [0.2, 0.25) is 11.7 Å². The number of nitrogens with one attached hydrogen (secondary N) is 2. The van der Waals surface area contributed by atoms with Gasteiger partial charge in [0.25, 0.3) is 0 Å². The molecule has 0 spiro atoms. The van der Waals surface area contributed by atoms with Crippen LogP contribution in [-0.4, -0.2) is 28.5 Å². The summed E-state index contributed by atoms with van der Waals surface area (Å²) in [6.45, 7) is 1.97. The van der Waals surface area contributed by atoms with Gasteiger partial charge in [0.1, 0.15) is 5.75 Å². The summed E-state index contributed by atoms with van der Waals surface area (Å²) >= 11 is 0. The number of benzene rings is 2. The fraction of sp³-hybridized carbons (Fsp3) is 0.200. The van der Waals surface area contributed by atoms with Crippen LogP contribution in [0, 0.1) is 0 Å². The first-order valence-electron chi connectivity index (χ1n) is 8.75. The van der Waals surface area contributed by atoms with Gasteiger partial charge in [-0.25, -0.2) is 0 Å². The Bertz CT molecular complexity index is 923. The summed E-state index contributed by atoms with van der Waals surface area (Å²) in [6.07, 6.45) is 0.713. The summed E-state index contributed by atoms with van der Waals surface area (Å²) in [5, 5.41) is 9.16. The van der Waals surface area contributed by atoms with Crippen molar-refractivity contribution in [1.29, 1.82) is 0 Å². The molecular formula is C20H20N4O4. The van der Waals surface area contributed by atoms with Crippen molar-refractivity contribution in [2.24, 2.45) is 0 Å². The van der Waals surface area contributed by atoms with Crippen LogP contribution in [0.15, 0.2) is 59.1 Å². The average Bonchev–Trinajstić information content (AvgIpc) is 3.17. The van der Waals surface area contributed by atoms with E-state index < -0.39 is 5.91 Å². The van der Waals surface area contributed by atoms with Crippen LogP contribution in [0.2, 0.25) is 0 Å². The standard InChI is InChI=1S/C20H20N4O4/c1-14(25)22-16-7-9-17(10-8-16)27-13-18-23-20(28-24-18)19(26)21-12-11-15-5-3-2-4-6-15/h2-10H,11-13H2,1H3,(H,21,26)(H,22,25). The molecule has 1 aromatic heterocycles. The lowest BCUT2D eigenvalue weighted by atomic mass is 10.1. The van der Waals surface area contributed by atoms with Gasteiger partial charge in [-0.05, 0) is 36.2 Å². The normalized spacial score (nSPS) is 10.3. The molecule has 3 aromatic rings. The molecule has 0 bridgehead atoms. The van der Waals surface area contributed by atoms with Gasteiger partial charge in [0.15, 0.2) is 6.61 Å².